The summed E-state index contributed by atoms with van der Waals surface area (Å²) in [4.78, 5) is 0. The molecule has 0 aliphatic rings. The van der Waals surface area contributed by atoms with E-state index >= 15 is 0 Å². The number of benzene rings is 1. The van der Waals surface area contributed by atoms with Crippen molar-refractivity contribution in [2.24, 2.45) is 0 Å². The summed E-state index contributed by atoms with van der Waals surface area (Å²) in [7, 11) is -2.41. The van der Waals surface area contributed by atoms with Gasteiger partial charge in [0.05, 0.1) is 0 Å². The van der Waals surface area contributed by atoms with Crippen LogP contribution in [0.3, 0.4) is 0 Å². The Bertz CT molecular complexity index is 350. The minimum absolute atomic E-state index is 0.129. The number of aromatic hydroxyl groups is 1. The SMILES string of the molecule is CC[Si](OC(C)C)(OC(C)C)c1ccc(O)cc1. The van der Waals surface area contributed by atoms with Gasteiger partial charge in [0, 0.05) is 12.2 Å². The van der Waals surface area contributed by atoms with Crippen molar-refractivity contribution in [3.8, 4) is 5.75 Å². The molecular weight excluding hydrogens is 244 g/mol. The van der Waals surface area contributed by atoms with Crippen molar-refractivity contribution in [1.29, 1.82) is 0 Å². The van der Waals surface area contributed by atoms with Crippen LogP contribution in [0.5, 0.6) is 5.75 Å². The Morgan fingerprint density at radius 1 is 1.00 bits per heavy atom. The molecule has 0 bridgehead atoms. The molecule has 102 valence electrons. The van der Waals surface area contributed by atoms with Gasteiger partial charge in [-0.15, -0.1) is 0 Å². The molecular formula is C14H24O3Si. The fraction of sp³-hybridized carbons (Fsp3) is 0.571. The topological polar surface area (TPSA) is 38.7 Å². The Labute approximate surface area is 111 Å². The highest BCUT2D eigenvalue weighted by molar-refractivity contribution is 6.81. The minimum atomic E-state index is -2.41. The largest absolute Gasteiger partial charge is 0.508 e. The molecule has 0 spiro atoms. The third kappa shape index (κ3) is 3.83. The zero-order valence-electron chi connectivity index (χ0n) is 11.9. The standard InChI is InChI=1S/C14H24O3Si/c1-6-18(16-11(2)3,17-12(4)5)14-9-7-13(15)8-10-14/h7-12,15H,6H2,1-5H3. The molecule has 0 fully saturated rings. The van der Waals surface area contributed by atoms with Gasteiger partial charge in [0.15, 0.2) is 0 Å². The van der Waals surface area contributed by atoms with Crippen molar-refractivity contribution in [3.05, 3.63) is 24.3 Å². The molecule has 0 radical (unpaired) electrons. The van der Waals surface area contributed by atoms with Gasteiger partial charge in [-0.2, -0.15) is 0 Å². The lowest BCUT2D eigenvalue weighted by Gasteiger charge is -2.33. The van der Waals surface area contributed by atoms with E-state index < -0.39 is 8.56 Å². The zero-order valence-corrected chi connectivity index (χ0v) is 12.9. The van der Waals surface area contributed by atoms with Crippen molar-refractivity contribution >= 4 is 13.7 Å². The molecule has 0 heterocycles. The second kappa shape index (κ2) is 6.36. The van der Waals surface area contributed by atoms with Gasteiger partial charge < -0.3 is 14.0 Å². The molecule has 0 saturated carbocycles. The van der Waals surface area contributed by atoms with Crippen molar-refractivity contribution in [1.82, 2.24) is 0 Å². The molecule has 0 unspecified atom stereocenters. The Balaban J connectivity index is 3.11. The normalized spacial score (nSPS) is 12.4. The molecule has 0 aromatic heterocycles. The van der Waals surface area contributed by atoms with Gasteiger partial charge in [-0.1, -0.05) is 19.1 Å². The van der Waals surface area contributed by atoms with Gasteiger partial charge in [0.25, 0.3) is 0 Å². The van der Waals surface area contributed by atoms with Gasteiger partial charge in [-0.05, 0) is 51.1 Å². The van der Waals surface area contributed by atoms with Crippen molar-refractivity contribution in [3.63, 3.8) is 0 Å². The predicted octanol–water partition coefficient (Wildman–Crippen LogP) is 2.91. The van der Waals surface area contributed by atoms with Gasteiger partial charge in [0.2, 0.25) is 0 Å². The molecule has 0 atom stereocenters. The summed E-state index contributed by atoms with van der Waals surface area (Å²) in [6.45, 7) is 10.2. The van der Waals surface area contributed by atoms with E-state index in [0.717, 1.165) is 11.2 Å². The van der Waals surface area contributed by atoms with E-state index in [0.29, 0.717) is 0 Å². The lowest BCUT2D eigenvalue weighted by Crippen LogP contribution is -2.55. The molecule has 4 heteroatoms. The van der Waals surface area contributed by atoms with Crippen LogP contribution in [0, 0.1) is 0 Å². The maximum absolute atomic E-state index is 9.39. The quantitative estimate of drug-likeness (QED) is 0.806. The maximum atomic E-state index is 9.39. The third-order valence-electron chi connectivity index (χ3n) is 2.62. The zero-order chi connectivity index (χ0) is 13.8. The first-order valence-electron chi connectivity index (χ1n) is 6.54. The molecule has 3 nitrogen and oxygen atoms in total. The minimum Gasteiger partial charge on any atom is -0.508 e. The van der Waals surface area contributed by atoms with Crippen LogP contribution < -0.4 is 5.19 Å². The van der Waals surface area contributed by atoms with Gasteiger partial charge in [-0.3, -0.25) is 0 Å². The highest BCUT2D eigenvalue weighted by Crippen LogP contribution is 2.19. The fourth-order valence-electron chi connectivity index (χ4n) is 2.01. The van der Waals surface area contributed by atoms with Crippen LogP contribution in [0.1, 0.15) is 34.6 Å². The monoisotopic (exact) mass is 268 g/mol. The summed E-state index contributed by atoms with van der Waals surface area (Å²) in [5.41, 5.74) is 0. The summed E-state index contributed by atoms with van der Waals surface area (Å²) >= 11 is 0. The molecule has 0 aliphatic heterocycles. The Hall–Kier alpha value is -0.843. The number of rotatable bonds is 6. The molecule has 18 heavy (non-hydrogen) atoms. The van der Waals surface area contributed by atoms with Crippen molar-refractivity contribution < 1.29 is 14.0 Å². The first-order chi connectivity index (χ1) is 8.39. The lowest BCUT2D eigenvalue weighted by molar-refractivity contribution is 0.116. The first kappa shape index (κ1) is 15.2. The van der Waals surface area contributed by atoms with Crippen LogP contribution in [-0.2, 0) is 8.85 Å². The summed E-state index contributed by atoms with van der Waals surface area (Å²) < 4.78 is 12.3. The predicted molar refractivity (Wildman–Crippen MR) is 76.4 cm³/mol. The number of phenols is 1. The van der Waals surface area contributed by atoms with E-state index in [4.69, 9.17) is 8.85 Å². The summed E-state index contributed by atoms with van der Waals surface area (Å²) in [5, 5.41) is 10.5. The van der Waals surface area contributed by atoms with Crippen molar-refractivity contribution in [2.45, 2.75) is 52.9 Å². The van der Waals surface area contributed by atoms with E-state index in [2.05, 4.69) is 6.92 Å². The van der Waals surface area contributed by atoms with Gasteiger partial charge >= 0.3 is 8.56 Å². The van der Waals surface area contributed by atoms with E-state index in [1.54, 1.807) is 12.1 Å². The van der Waals surface area contributed by atoms with Crippen LogP contribution >= 0.6 is 0 Å². The molecule has 1 N–H and O–H groups in total. The van der Waals surface area contributed by atoms with Crippen LogP contribution in [0.4, 0.5) is 0 Å². The van der Waals surface area contributed by atoms with Crippen LogP contribution in [-0.4, -0.2) is 25.9 Å². The van der Waals surface area contributed by atoms with Crippen LogP contribution in [0.2, 0.25) is 6.04 Å². The Morgan fingerprint density at radius 2 is 1.44 bits per heavy atom. The maximum Gasteiger partial charge on any atom is 0.372 e. The average molecular weight is 268 g/mol. The lowest BCUT2D eigenvalue weighted by atomic mass is 10.3. The van der Waals surface area contributed by atoms with Crippen LogP contribution in [0.25, 0.3) is 0 Å². The molecule has 0 aliphatic carbocycles. The number of phenolic OH excluding ortho intramolecular Hbond substituents is 1. The third-order valence-corrected chi connectivity index (χ3v) is 6.47. The molecule has 1 aromatic rings. The van der Waals surface area contributed by atoms with Crippen molar-refractivity contribution in [2.75, 3.05) is 0 Å². The highest BCUT2D eigenvalue weighted by Gasteiger charge is 2.40. The van der Waals surface area contributed by atoms with Gasteiger partial charge in [-0.25, -0.2) is 0 Å². The summed E-state index contributed by atoms with van der Waals surface area (Å²) in [6, 6.07) is 8.07. The summed E-state index contributed by atoms with van der Waals surface area (Å²) in [6.07, 6.45) is 0.258. The number of hydrogen-bond acceptors (Lipinski definition) is 3. The van der Waals surface area contributed by atoms with E-state index in [-0.39, 0.29) is 18.0 Å². The summed E-state index contributed by atoms with van der Waals surface area (Å²) in [5.74, 6) is 0.270. The smallest absolute Gasteiger partial charge is 0.372 e. The average Bonchev–Trinajstić information content (AvgIpc) is 2.27. The molecule has 0 saturated heterocycles. The number of hydrogen-bond donors (Lipinski definition) is 1. The van der Waals surface area contributed by atoms with Crippen LogP contribution in [0.15, 0.2) is 24.3 Å². The van der Waals surface area contributed by atoms with Gasteiger partial charge in [0.1, 0.15) is 5.75 Å². The van der Waals surface area contributed by atoms with E-state index in [1.807, 2.05) is 39.8 Å². The highest BCUT2D eigenvalue weighted by atomic mass is 28.4. The molecule has 1 aromatic carbocycles. The Morgan fingerprint density at radius 3 is 1.78 bits per heavy atom. The van der Waals surface area contributed by atoms with E-state index in [9.17, 15) is 5.11 Å². The van der Waals surface area contributed by atoms with E-state index in [1.165, 1.54) is 0 Å². The molecule has 0 amide bonds. The second-order valence-corrected chi connectivity index (χ2v) is 8.25. The second-order valence-electron chi connectivity index (χ2n) is 4.99. The molecule has 1 rings (SSSR count). The first-order valence-corrected chi connectivity index (χ1v) is 8.57. The Kier molecular flexibility index (Phi) is 5.38. The fourth-order valence-corrected chi connectivity index (χ4v) is 5.28.